The largest absolute Gasteiger partial charge is 0.294 e. The van der Waals surface area contributed by atoms with E-state index in [1.165, 1.54) is 50.5 Å². The molecule has 15 heavy (non-hydrogen) atoms. The van der Waals surface area contributed by atoms with Gasteiger partial charge in [-0.3, -0.25) is 4.79 Å². The molecule has 4 atom stereocenters. The molecule has 0 amide bonds. The van der Waals surface area contributed by atoms with Crippen molar-refractivity contribution in [1.29, 1.82) is 0 Å². The summed E-state index contributed by atoms with van der Waals surface area (Å²) in [6, 6.07) is 0. The van der Waals surface area contributed by atoms with Gasteiger partial charge in [0, 0.05) is 5.92 Å². The first-order valence-electron chi connectivity index (χ1n) is 6.60. The second-order valence-electron chi connectivity index (χ2n) is 6.09. The molecule has 4 saturated carbocycles. The van der Waals surface area contributed by atoms with Crippen molar-refractivity contribution < 1.29 is 4.79 Å². The lowest BCUT2D eigenvalue weighted by atomic mass is 9.83. The summed E-state index contributed by atoms with van der Waals surface area (Å²) in [7, 11) is 0. The van der Waals surface area contributed by atoms with Crippen molar-refractivity contribution in [2.24, 2.45) is 23.7 Å². The van der Waals surface area contributed by atoms with Gasteiger partial charge in [0.05, 0.1) is 0 Å². The fraction of sp³-hybridized carbons (Fsp3) is 0.786. The van der Waals surface area contributed by atoms with Crippen LogP contribution >= 0.6 is 0 Å². The van der Waals surface area contributed by atoms with E-state index in [4.69, 9.17) is 0 Å². The van der Waals surface area contributed by atoms with Crippen molar-refractivity contribution in [3.8, 4) is 0 Å². The highest BCUT2D eigenvalue weighted by molar-refractivity contribution is 6.01. The van der Waals surface area contributed by atoms with Crippen molar-refractivity contribution in [2.45, 2.75) is 44.9 Å². The van der Waals surface area contributed by atoms with Gasteiger partial charge in [-0.15, -0.1) is 0 Å². The minimum atomic E-state index is 0.441. The summed E-state index contributed by atoms with van der Waals surface area (Å²) in [5.74, 6) is 3.47. The Balaban J connectivity index is 1.77. The monoisotopic (exact) mass is 202 g/mol. The van der Waals surface area contributed by atoms with Crippen LogP contribution in [0.3, 0.4) is 0 Å². The Hall–Kier alpha value is -0.590. The first-order chi connectivity index (χ1) is 7.33. The minimum absolute atomic E-state index is 0.441. The van der Waals surface area contributed by atoms with Crippen molar-refractivity contribution >= 4 is 5.78 Å². The van der Waals surface area contributed by atoms with E-state index in [2.05, 4.69) is 0 Å². The summed E-state index contributed by atoms with van der Waals surface area (Å²) in [6.45, 7) is 0. The van der Waals surface area contributed by atoms with Crippen LogP contribution in [0.1, 0.15) is 44.9 Å². The van der Waals surface area contributed by atoms with E-state index in [1.54, 1.807) is 5.57 Å². The number of ketones is 1. The number of hydrogen-bond donors (Lipinski definition) is 0. The van der Waals surface area contributed by atoms with Crippen molar-refractivity contribution in [3.63, 3.8) is 0 Å². The number of Topliss-reactive ketones (excluding diaryl/α,β-unsaturated/α-hetero) is 1. The standard InChI is InChI=1S/C14H18O/c15-14-11-4-3-10(7-11)13(14)12-6-8-1-2-9(12)5-8/h8-11H,1-7H2/b13-12+/t8-,9-,10-,11-/m0/s1. The lowest BCUT2D eigenvalue weighted by Crippen LogP contribution is -2.16. The topological polar surface area (TPSA) is 17.1 Å². The predicted molar refractivity (Wildman–Crippen MR) is 58.3 cm³/mol. The molecule has 1 nitrogen and oxygen atoms in total. The van der Waals surface area contributed by atoms with Crippen LogP contribution in [-0.4, -0.2) is 5.78 Å². The molecule has 0 aromatic rings. The summed E-state index contributed by atoms with van der Waals surface area (Å²) >= 11 is 0. The van der Waals surface area contributed by atoms with Gasteiger partial charge in [0.2, 0.25) is 0 Å². The van der Waals surface area contributed by atoms with Gasteiger partial charge in [-0.05, 0) is 68.3 Å². The molecule has 0 saturated heterocycles. The molecule has 0 aromatic heterocycles. The van der Waals surface area contributed by atoms with Crippen molar-refractivity contribution in [3.05, 3.63) is 11.1 Å². The molecule has 0 aromatic carbocycles. The van der Waals surface area contributed by atoms with Crippen LogP contribution in [0.2, 0.25) is 0 Å². The Morgan fingerprint density at radius 2 is 1.67 bits per heavy atom. The van der Waals surface area contributed by atoms with Crippen LogP contribution in [-0.2, 0) is 4.79 Å². The van der Waals surface area contributed by atoms with Crippen LogP contribution in [0.4, 0.5) is 0 Å². The zero-order chi connectivity index (χ0) is 9.99. The Labute approximate surface area is 90.9 Å². The third-order valence-electron chi connectivity index (χ3n) is 5.37. The molecule has 0 radical (unpaired) electrons. The number of carbonyl (C=O) groups is 1. The van der Waals surface area contributed by atoms with Gasteiger partial charge in [-0.25, -0.2) is 0 Å². The van der Waals surface area contributed by atoms with E-state index in [-0.39, 0.29) is 0 Å². The molecule has 0 N–H and O–H groups in total. The molecule has 0 heterocycles. The van der Waals surface area contributed by atoms with Crippen LogP contribution in [0.5, 0.6) is 0 Å². The molecule has 4 fully saturated rings. The van der Waals surface area contributed by atoms with Gasteiger partial charge in [0.15, 0.2) is 5.78 Å². The predicted octanol–water partition coefficient (Wildman–Crippen LogP) is 3.10. The number of hydrogen-bond acceptors (Lipinski definition) is 1. The molecular formula is C14H18O. The van der Waals surface area contributed by atoms with E-state index in [1.807, 2.05) is 0 Å². The van der Waals surface area contributed by atoms with Gasteiger partial charge >= 0.3 is 0 Å². The lowest BCUT2D eigenvalue weighted by Gasteiger charge is -2.21. The summed E-state index contributed by atoms with van der Waals surface area (Å²) in [5, 5.41) is 0. The van der Waals surface area contributed by atoms with Gasteiger partial charge in [-0.1, -0.05) is 5.57 Å². The van der Waals surface area contributed by atoms with E-state index in [9.17, 15) is 4.79 Å². The molecule has 80 valence electrons. The second-order valence-corrected chi connectivity index (χ2v) is 6.09. The molecule has 0 spiro atoms. The average molecular weight is 202 g/mol. The summed E-state index contributed by atoms with van der Waals surface area (Å²) < 4.78 is 0. The molecule has 1 heteroatoms. The number of rotatable bonds is 0. The highest BCUT2D eigenvalue weighted by Gasteiger charge is 2.47. The first-order valence-corrected chi connectivity index (χ1v) is 6.60. The summed E-state index contributed by atoms with van der Waals surface area (Å²) in [4.78, 5) is 12.2. The van der Waals surface area contributed by atoms with Gasteiger partial charge in [-0.2, -0.15) is 0 Å². The van der Waals surface area contributed by atoms with Crippen LogP contribution < -0.4 is 0 Å². The summed E-state index contributed by atoms with van der Waals surface area (Å²) in [5.41, 5.74) is 2.97. The Morgan fingerprint density at radius 1 is 0.867 bits per heavy atom. The van der Waals surface area contributed by atoms with Crippen LogP contribution in [0.25, 0.3) is 0 Å². The zero-order valence-electron chi connectivity index (χ0n) is 9.17. The van der Waals surface area contributed by atoms with Gasteiger partial charge < -0.3 is 0 Å². The molecule has 4 bridgehead atoms. The fourth-order valence-corrected chi connectivity index (χ4v) is 4.71. The number of carbonyl (C=O) groups excluding carboxylic acids is 1. The number of allylic oxidation sites excluding steroid dienone is 2. The normalized spacial score (nSPS) is 52.1. The minimum Gasteiger partial charge on any atom is -0.294 e. The molecule has 4 aliphatic rings. The van der Waals surface area contributed by atoms with E-state index in [0.29, 0.717) is 17.6 Å². The molecule has 0 unspecified atom stereocenters. The SMILES string of the molecule is O=C1/C(=C2\C[C@H]3CC[C@H]2C3)[C@H]2CC[C@H]1C2. The Morgan fingerprint density at radius 3 is 2.27 bits per heavy atom. The maximum absolute atomic E-state index is 12.2. The summed E-state index contributed by atoms with van der Waals surface area (Å²) in [6.07, 6.45) is 9.21. The second kappa shape index (κ2) is 2.75. The lowest BCUT2D eigenvalue weighted by molar-refractivity contribution is -0.118. The molecule has 0 aliphatic heterocycles. The van der Waals surface area contributed by atoms with Gasteiger partial charge in [0.25, 0.3) is 0 Å². The quantitative estimate of drug-likeness (QED) is 0.552. The maximum Gasteiger partial charge on any atom is 0.162 e. The first kappa shape index (κ1) is 8.55. The Bertz CT molecular complexity index is 366. The highest BCUT2D eigenvalue weighted by atomic mass is 16.1. The van der Waals surface area contributed by atoms with Crippen molar-refractivity contribution in [1.82, 2.24) is 0 Å². The van der Waals surface area contributed by atoms with E-state index >= 15 is 0 Å². The smallest absolute Gasteiger partial charge is 0.162 e. The zero-order valence-corrected chi connectivity index (χ0v) is 9.17. The van der Waals surface area contributed by atoms with Gasteiger partial charge in [0.1, 0.15) is 0 Å². The van der Waals surface area contributed by atoms with Crippen LogP contribution in [0.15, 0.2) is 11.1 Å². The highest BCUT2D eigenvalue weighted by Crippen LogP contribution is 2.55. The number of fused-ring (bicyclic) bond motifs is 4. The third kappa shape index (κ3) is 1.02. The fourth-order valence-electron chi connectivity index (χ4n) is 4.71. The van der Waals surface area contributed by atoms with Crippen LogP contribution in [0, 0.1) is 23.7 Å². The van der Waals surface area contributed by atoms with E-state index < -0.39 is 0 Å². The molecular weight excluding hydrogens is 184 g/mol. The van der Waals surface area contributed by atoms with Crippen molar-refractivity contribution in [2.75, 3.05) is 0 Å². The molecule has 4 aliphatic carbocycles. The molecule has 4 rings (SSSR count). The van der Waals surface area contributed by atoms with E-state index in [0.717, 1.165) is 11.8 Å². The average Bonchev–Trinajstić information content (AvgIpc) is 2.96. The maximum atomic E-state index is 12.2. The third-order valence-corrected chi connectivity index (χ3v) is 5.37. The Kier molecular flexibility index (Phi) is 1.57.